The highest BCUT2D eigenvalue weighted by Crippen LogP contribution is 2.21. The van der Waals surface area contributed by atoms with Crippen LogP contribution in [0.2, 0.25) is 0 Å². The molecule has 0 heterocycles. The average Bonchev–Trinajstić information content (AvgIpc) is 2.42. The zero-order chi connectivity index (χ0) is 16.6. The average molecular weight is 324 g/mol. The van der Waals surface area contributed by atoms with Crippen LogP contribution in [0.25, 0.3) is 0 Å². The Kier molecular flexibility index (Phi) is 6.90. The van der Waals surface area contributed by atoms with Gasteiger partial charge in [0.25, 0.3) is 0 Å². The number of urea groups is 1. The maximum Gasteiger partial charge on any atom is 0.414 e. The number of nitrogens with one attached hydrogen (secondary N) is 2. The van der Waals surface area contributed by atoms with E-state index in [-0.39, 0.29) is 19.7 Å². The largest absolute Gasteiger partial charge is 0.492 e. The van der Waals surface area contributed by atoms with Gasteiger partial charge in [-0.3, -0.25) is 0 Å². The van der Waals surface area contributed by atoms with E-state index >= 15 is 0 Å². The fourth-order valence-electron chi connectivity index (χ4n) is 1.44. The summed E-state index contributed by atoms with van der Waals surface area (Å²) in [5.74, 6) is -0.151. The molecular formula is C13H16F4N2O3. The van der Waals surface area contributed by atoms with Gasteiger partial charge in [-0.05, 0) is 18.6 Å². The Bertz CT molecular complexity index is 483. The molecule has 5 nitrogen and oxygen atoms in total. The molecule has 0 aliphatic carbocycles. The van der Waals surface area contributed by atoms with Crippen LogP contribution >= 0.6 is 0 Å². The number of ether oxygens (including phenoxy) is 1. The summed E-state index contributed by atoms with van der Waals surface area (Å²) < 4.78 is 54.0. The van der Waals surface area contributed by atoms with Gasteiger partial charge in [-0.25, -0.2) is 9.18 Å². The molecule has 0 aliphatic heterocycles. The smallest absolute Gasteiger partial charge is 0.414 e. The zero-order valence-electron chi connectivity index (χ0n) is 11.5. The molecule has 22 heavy (non-hydrogen) atoms. The molecule has 124 valence electrons. The standard InChI is InChI=1S/C13H16F4N2O3/c14-9-2-1-3-10(8-9)22-7-6-19-12(21)18-5-4-11(20)13(15,16)17/h1-3,8,11,20H,4-7H2,(H2,18,19,21). The van der Waals surface area contributed by atoms with E-state index in [2.05, 4.69) is 10.6 Å². The van der Waals surface area contributed by atoms with Gasteiger partial charge in [-0.2, -0.15) is 13.2 Å². The molecule has 1 aromatic rings. The van der Waals surface area contributed by atoms with Crippen molar-refractivity contribution in [2.75, 3.05) is 19.7 Å². The quantitative estimate of drug-likeness (QED) is 0.529. The van der Waals surface area contributed by atoms with Crippen LogP contribution in [0.1, 0.15) is 6.42 Å². The highest BCUT2D eigenvalue weighted by atomic mass is 19.4. The minimum absolute atomic E-state index is 0.0715. The summed E-state index contributed by atoms with van der Waals surface area (Å²) in [6.07, 6.45) is -7.79. The molecule has 0 fully saturated rings. The van der Waals surface area contributed by atoms with Gasteiger partial charge < -0.3 is 20.5 Å². The molecule has 0 saturated carbocycles. The van der Waals surface area contributed by atoms with Gasteiger partial charge in [0.1, 0.15) is 18.2 Å². The van der Waals surface area contributed by atoms with Crippen molar-refractivity contribution < 1.29 is 32.2 Å². The number of benzene rings is 1. The Labute approximate surface area is 124 Å². The summed E-state index contributed by atoms with van der Waals surface area (Å²) in [6, 6.07) is 4.77. The van der Waals surface area contributed by atoms with E-state index in [0.29, 0.717) is 5.75 Å². The summed E-state index contributed by atoms with van der Waals surface area (Å²) in [5, 5.41) is 13.2. The number of carbonyl (C=O) groups excluding carboxylic acids is 1. The van der Waals surface area contributed by atoms with Crippen LogP contribution in [-0.4, -0.2) is 43.1 Å². The van der Waals surface area contributed by atoms with E-state index in [9.17, 15) is 22.4 Å². The molecule has 0 radical (unpaired) electrons. The highest BCUT2D eigenvalue weighted by molar-refractivity contribution is 5.73. The lowest BCUT2D eigenvalue weighted by Crippen LogP contribution is -2.40. The number of aliphatic hydroxyl groups excluding tert-OH is 1. The van der Waals surface area contributed by atoms with Crippen molar-refractivity contribution in [1.29, 1.82) is 0 Å². The predicted molar refractivity (Wildman–Crippen MR) is 70.0 cm³/mol. The summed E-state index contributed by atoms with van der Waals surface area (Å²) >= 11 is 0. The van der Waals surface area contributed by atoms with Crippen LogP contribution in [0, 0.1) is 5.82 Å². The van der Waals surface area contributed by atoms with Crippen molar-refractivity contribution >= 4 is 6.03 Å². The molecule has 0 saturated heterocycles. The molecule has 1 rings (SSSR count). The van der Waals surface area contributed by atoms with E-state index in [4.69, 9.17) is 9.84 Å². The van der Waals surface area contributed by atoms with Gasteiger partial charge in [0, 0.05) is 12.6 Å². The van der Waals surface area contributed by atoms with Gasteiger partial charge in [-0.15, -0.1) is 0 Å². The molecule has 1 atom stereocenters. The summed E-state index contributed by atoms with van der Waals surface area (Å²) in [7, 11) is 0. The van der Waals surface area contributed by atoms with Crippen LogP contribution in [0.4, 0.5) is 22.4 Å². The fourth-order valence-corrected chi connectivity index (χ4v) is 1.44. The highest BCUT2D eigenvalue weighted by Gasteiger charge is 2.37. The lowest BCUT2D eigenvalue weighted by atomic mass is 10.2. The number of amides is 2. The van der Waals surface area contributed by atoms with Gasteiger partial charge in [0.15, 0.2) is 6.10 Å². The third-order valence-electron chi connectivity index (χ3n) is 2.53. The third kappa shape index (κ3) is 7.11. The Morgan fingerprint density at radius 1 is 1.27 bits per heavy atom. The first-order valence-corrected chi connectivity index (χ1v) is 6.44. The molecule has 0 aromatic heterocycles. The minimum Gasteiger partial charge on any atom is -0.492 e. The molecule has 3 N–H and O–H groups in total. The van der Waals surface area contributed by atoms with Crippen LogP contribution in [0.15, 0.2) is 24.3 Å². The van der Waals surface area contributed by atoms with Crippen molar-refractivity contribution in [3.05, 3.63) is 30.1 Å². The number of rotatable bonds is 7. The van der Waals surface area contributed by atoms with Crippen molar-refractivity contribution in [2.24, 2.45) is 0 Å². The Hall–Kier alpha value is -2.03. The first-order chi connectivity index (χ1) is 10.3. The Balaban J connectivity index is 2.11. The Morgan fingerprint density at radius 3 is 2.59 bits per heavy atom. The maximum atomic E-state index is 12.8. The second kappa shape index (κ2) is 8.42. The molecule has 0 bridgehead atoms. The monoisotopic (exact) mass is 324 g/mol. The predicted octanol–water partition coefficient (Wildman–Crippen LogP) is 1.82. The number of aliphatic hydroxyl groups is 1. The molecule has 1 unspecified atom stereocenters. The molecule has 0 spiro atoms. The Morgan fingerprint density at radius 2 is 1.95 bits per heavy atom. The van der Waals surface area contributed by atoms with Crippen molar-refractivity contribution in [2.45, 2.75) is 18.7 Å². The van der Waals surface area contributed by atoms with Crippen molar-refractivity contribution in [3.63, 3.8) is 0 Å². The van der Waals surface area contributed by atoms with E-state index in [1.54, 1.807) is 6.07 Å². The van der Waals surface area contributed by atoms with E-state index in [0.717, 1.165) is 0 Å². The zero-order valence-corrected chi connectivity index (χ0v) is 11.5. The van der Waals surface area contributed by atoms with Crippen LogP contribution in [-0.2, 0) is 0 Å². The van der Waals surface area contributed by atoms with E-state index < -0.39 is 30.5 Å². The van der Waals surface area contributed by atoms with Crippen molar-refractivity contribution in [1.82, 2.24) is 10.6 Å². The first-order valence-electron chi connectivity index (χ1n) is 6.44. The summed E-state index contributed by atoms with van der Waals surface area (Å²) in [4.78, 5) is 11.2. The first kappa shape index (κ1) is 18.0. The lowest BCUT2D eigenvalue weighted by molar-refractivity contribution is -0.204. The number of hydrogen-bond donors (Lipinski definition) is 3. The SMILES string of the molecule is O=C(NCCOc1cccc(F)c1)NCCC(O)C(F)(F)F. The topological polar surface area (TPSA) is 70.6 Å². The minimum atomic E-state index is -4.70. The summed E-state index contributed by atoms with van der Waals surface area (Å²) in [6.45, 7) is -0.163. The van der Waals surface area contributed by atoms with Gasteiger partial charge in [0.05, 0.1) is 6.54 Å². The fraction of sp³-hybridized carbons (Fsp3) is 0.462. The van der Waals surface area contributed by atoms with Crippen LogP contribution in [0.3, 0.4) is 0 Å². The second-order valence-electron chi connectivity index (χ2n) is 4.33. The molecule has 1 aromatic carbocycles. The molecular weight excluding hydrogens is 308 g/mol. The third-order valence-corrected chi connectivity index (χ3v) is 2.53. The van der Waals surface area contributed by atoms with Gasteiger partial charge in [0.2, 0.25) is 0 Å². The summed E-state index contributed by atoms with van der Waals surface area (Å²) in [5.41, 5.74) is 0. The second-order valence-corrected chi connectivity index (χ2v) is 4.33. The molecule has 9 heteroatoms. The van der Waals surface area contributed by atoms with E-state index in [1.165, 1.54) is 18.2 Å². The number of hydrogen-bond acceptors (Lipinski definition) is 3. The van der Waals surface area contributed by atoms with E-state index in [1.807, 2.05) is 0 Å². The maximum absolute atomic E-state index is 12.8. The number of halogens is 4. The van der Waals surface area contributed by atoms with Crippen LogP contribution < -0.4 is 15.4 Å². The number of alkyl halides is 3. The van der Waals surface area contributed by atoms with Gasteiger partial charge >= 0.3 is 12.2 Å². The van der Waals surface area contributed by atoms with Crippen LogP contribution in [0.5, 0.6) is 5.75 Å². The van der Waals surface area contributed by atoms with Crippen molar-refractivity contribution in [3.8, 4) is 5.75 Å². The van der Waals surface area contributed by atoms with Gasteiger partial charge in [-0.1, -0.05) is 6.07 Å². The number of carbonyl (C=O) groups is 1. The normalized spacial score (nSPS) is 12.6. The lowest BCUT2D eigenvalue weighted by Gasteiger charge is -2.14. The molecule has 2 amide bonds. The molecule has 0 aliphatic rings.